The van der Waals surface area contributed by atoms with Crippen molar-refractivity contribution < 1.29 is 0 Å². The Morgan fingerprint density at radius 2 is 2.15 bits per heavy atom. The van der Waals surface area contributed by atoms with Crippen molar-refractivity contribution in [2.24, 2.45) is 4.99 Å². The number of aliphatic imine (C=N–C) groups is 1. The first kappa shape index (κ1) is 20.7. The first-order chi connectivity index (χ1) is 9.30. The third kappa shape index (κ3) is 8.87. The summed E-state index contributed by atoms with van der Waals surface area (Å²) in [5, 5.41) is 7.85. The van der Waals surface area contributed by atoms with Crippen molar-refractivity contribution in [2.75, 3.05) is 31.4 Å². The number of hydrogen-bond donors (Lipinski definition) is 2. The lowest BCUT2D eigenvalue weighted by molar-refractivity contribution is 0.419. The largest absolute Gasteiger partial charge is 0.356 e. The normalized spacial score (nSPS) is 23.1. The molecule has 0 amide bonds. The number of nitrogens with one attached hydrogen (secondary N) is 2. The van der Waals surface area contributed by atoms with E-state index in [0.717, 1.165) is 17.8 Å². The predicted octanol–water partition coefficient (Wildman–Crippen LogP) is 3.59. The van der Waals surface area contributed by atoms with Crippen LogP contribution in [-0.2, 0) is 0 Å². The molecule has 0 radical (unpaired) electrons. The van der Waals surface area contributed by atoms with Gasteiger partial charge in [-0.25, -0.2) is 0 Å². The van der Waals surface area contributed by atoms with Crippen LogP contribution in [0, 0.1) is 0 Å². The molecule has 0 aromatic heterocycles. The molecule has 1 aliphatic carbocycles. The minimum absolute atomic E-state index is 0. The van der Waals surface area contributed by atoms with Gasteiger partial charge >= 0.3 is 0 Å². The molecule has 2 unspecified atom stereocenters. The molecular weight excluding hydrogens is 401 g/mol. The zero-order valence-electron chi connectivity index (χ0n) is 13.0. The molecule has 0 saturated heterocycles. The number of guanidine groups is 1. The van der Waals surface area contributed by atoms with Crippen molar-refractivity contribution >= 4 is 53.5 Å². The van der Waals surface area contributed by atoms with Gasteiger partial charge in [-0.05, 0) is 43.4 Å². The van der Waals surface area contributed by atoms with E-state index >= 15 is 0 Å². The highest BCUT2D eigenvalue weighted by molar-refractivity contribution is 14.0. The van der Waals surface area contributed by atoms with Gasteiger partial charge in [-0.1, -0.05) is 13.3 Å². The molecular formula is C14H30IN3S2. The van der Waals surface area contributed by atoms with Crippen molar-refractivity contribution in [1.82, 2.24) is 10.6 Å². The van der Waals surface area contributed by atoms with Gasteiger partial charge < -0.3 is 10.6 Å². The molecule has 2 atom stereocenters. The maximum absolute atomic E-state index is 4.33. The van der Waals surface area contributed by atoms with E-state index in [2.05, 4.69) is 40.6 Å². The first-order valence-electron chi connectivity index (χ1n) is 7.37. The van der Waals surface area contributed by atoms with E-state index in [1.54, 1.807) is 0 Å². The summed E-state index contributed by atoms with van der Waals surface area (Å²) in [6, 6.07) is 0.601. The number of nitrogens with zero attached hydrogens (tertiary/aromatic N) is 1. The lowest BCUT2D eigenvalue weighted by Crippen LogP contribution is -2.46. The monoisotopic (exact) mass is 431 g/mol. The zero-order valence-corrected chi connectivity index (χ0v) is 16.9. The summed E-state index contributed by atoms with van der Waals surface area (Å²) in [5.74, 6) is 3.43. The van der Waals surface area contributed by atoms with E-state index in [-0.39, 0.29) is 24.0 Å². The minimum Gasteiger partial charge on any atom is -0.356 e. The second-order valence-corrected chi connectivity index (χ2v) is 7.49. The highest BCUT2D eigenvalue weighted by atomic mass is 127. The van der Waals surface area contributed by atoms with Crippen LogP contribution in [0.15, 0.2) is 4.99 Å². The Kier molecular flexibility index (Phi) is 13.8. The molecule has 3 nitrogen and oxygen atoms in total. The van der Waals surface area contributed by atoms with Crippen LogP contribution in [0.5, 0.6) is 0 Å². The van der Waals surface area contributed by atoms with E-state index in [4.69, 9.17) is 0 Å². The lowest BCUT2D eigenvalue weighted by atomic mass is 9.95. The average molecular weight is 431 g/mol. The van der Waals surface area contributed by atoms with Gasteiger partial charge in [0.15, 0.2) is 5.96 Å². The Morgan fingerprint density at radius 3 is 2.80 bits per heavy atom. The van der Waals surface area contributed by atoms with Crippen molar-refractivity contribution in [1.29, 1.82) is 0 Å². The molecule has 0 aromatic carbocycles. The SMILES string of the molecule is CCSC1CCCC(NC(=NC)NCCCSC)C1.I. The molecule has 0 bridgehead atoms. The molecule has 0 heterocycles. The number of hydrogen-bond acceptors (Lipinski definition) is 3. The molecule has 2 N–H and O–H groups in total. The average Bonchev–Trinajstić information content (AvgIpc) is 2.43. The van der Waals surface area contributed by atoms with Gasteiger partial charge in [0, 0.05) is 24.9 Å². The molecule has 20 heavy (non-hydrogen) atoms. The van der Waals surface area contributed by atoms with Gasteiger partial charge in [0.1, 0.15) is 0 Å². The Hall–Kier alpha value is 0.700. The zero-order chi connectivity index (χ0) is 13.9. The summed E-state index contributed by atoms with van der Waals surface area (Å²) in [4.78, 5) is 4.33. The smallest absolute Gasteiger partial charge is 0.191 e. The van der Waals surface area contributed by atoms with Gasteiger partial charge in [0.2, 0.25) is 0 Å². The highest BCUT2D eigenvalue weighted by Crippen LogP contribution is 2.28. The molecule has 0 spiro atoms. The summed E-state index contributed by atoms with van der Waals surface area (Å²) >= 11 is 4.01. The fraction of sp³-hybridized carbons (Fsp3) is 0.929. The van der Waals surface area contributed by atoms with Crippen LogP contribution in [0.3, 0.4) is 0 Å². The molecule has 1 fully saturated rings. The summed E-state index contributed by atoms with van der Waals surface area (Å²) < 4.78 is 0. The summed E-state index contributed by atoms with van der Waals surface area (Å²) in [6.45, 7) is 3.27. The van der Waals surface area contributed by atoms with Crippen LogP contribution < -0.4 is 10.6 Å². The number of rotatable bonds is 7. The molecule has 1 rings (SSSR count). The quantitative estimate of drug-likeness (QED) is 0.280. The van der Waals surface area contributed by atoms with Gasteiger partial charge in [0.05, 0.1) is 0 Å². The van der Waals surface area contributed by atoms with Gasteiger partial charge in [0.25, 0.3) is 0 Å². The Morgan fingerprint density at radius 1 is 1.35 bits per heavy atom. The van der Waals surface area contributed by atoms with Crippen molar-refractivity contribution in [3.05, 3.63) is 0 Å². The minimum atomic E-state index is 0. The maximum atomic E-state index is 4.33. The van der Waals surface area contributed by atoms with Crippen molar-refractivity contribution in [2.45, 2.75) is 50.3 Å². The third-order valence-electron chi connectivity index (χ3n) is 3.41. The van der Waals surface area contributed by atoms with Gasteiger partial charge in [-0.15, -0.1) is 24.0 Å². The van der Waals surface area contributed by atoms with Gasteiger partial charge in [-0.2, -0.15) is 23.5 Å². The molecule has 0 aromatic rings. The predicted molar refractivity (Wildman–Crippen MR) is 107 cm³/mol. The standard InChI is InChI=1S/C14H29N3S2.HI/c1-4-19-13-8-5-7-12(11-13)17-14(15-2)16-9-6-10-18-3;/h12-13H,4-11H2,1-3H3,(H2,15,16,17);1H. The molecule has 0 aliphatic heterocycles. The Balaban J connectivity index is 0.00000361. The van der Waals surface area contributed by atoms with Crippen LogP contribution in [0.1, 0.15) is 39.0 Å². The number of thioether (sulfide) groups is 2. The van der Waals surface area contributed by atoms with Crippen LogP contribution in [0.2, 0.25) is 0 Å². The fourth-order valence-electron chi connectivity index (χ4n) is 2.47. The van der Waals surface area contributed by atoms with E-state index < -0.39 is 0 Å². The van der Waals surface area contributed by atoms with Crippen LogP contribution >= 0.6 is 47.5 Å². The van der Waals surface area contributed by atoms with E-state index in [1.807, 2.05) is 18.8 Å². The summed E-state index contributed by atoms with van der Waals surface area (Å²) in [5.41, 5.74) is 0. The second-order valence-electron chi connectivity index (χ2n) is 4.93. The molecule has 1 saturated carbocycles. The summed E-state index contributed by atoms with van der Waals surface area (Å²) in [7, 11) is 1.87. The van der Waals surface area contributed by atoms with E-state index in [0.29, 0.717) is 6.04 Å². The maximum Gasteiger partial charge on any atom is 0.191 e. The van der Waals surface area contributed by atoms with E-state index in [1.165, 1.54) is 43.6 Å². The molecule has 120 valence electrons. The Labute approximate surface area is 150 Å². The lowest BCUT2D eigenvalue weighted by Gasteiger charge is -2.30. The molecule has 6 heteroatoms. The topological polar surface area (TPSA) is 36.4 Å². The van der Waals surface area contributed by atoms with Crippen molar-refractivity contribution in [3.63, 3.8) is 0 Å². The van der Waals surface area contributed by atoms with E-state index in [9.17, 15) is 0 Å². The fourth-order valence-corrected chi connectivity index (χ4v) is 4.08. The third-order valence-corrected chi connectivity index (χ3v) is 5.34. The van der Waals surface area contributed by atoms with Crippen LogP contribution in [-0.4, -0.2) is 48.6 Å². The van der Waals surface area contributed by atoms with Gasteiger partial charge in [-0.3, -0.25) is 4.99 Å². The Bertz CT molecular complexity index is 263. The second kappa shape index (κ2) is 13.4. The first-order valence-corrected chi connectivity index (χ1v) is 9.82. The van der Waals surface area contributed by atoms with Crippen molar-refractivity contribution in [3.8, 4) is 0 Å². The highest BCUT2D eigenvalue weighted by Gasteiger charge is 2.22. The van der Waals surface area contributed by atoms with Crippen LogP contribution in [0.25, 0.3) is 0 Å². The number of halogens is 1. The molecule has 1 aliphatic rings. The van der Waals surface area contributed by atoms with Crippen LogP contribution in [0.4, 0.5) is 0 Å². The summed E-state index contributed by atoms with van der Waals surface area (Å²) in [6.07, 6.45) is 8.65.